The molecule has 2 aliphatic heterocycles. The fourth-order valence-corrected chi connectivity index (χ4v) is 5.14. The zero-order valence-electron chi connectivity index (χ0n) is 25.6. The normalized spacial score (nSPS) is 28.9. The third-order valence-corrected chi connectivity index (χ3v) is 8.46. The van der Waals surface area contributed by atoms with Gasteiger partial charge in [-0.1, -0.05) is 58.0 Å². The number of hydrazine groups is 1. The Morgan fingerprint density at radius 1 is 1.02 bits per heavy atom. The highest BCUT2D eigenvalue weighted by Gasteiger charge is 2.38. The minimum Gasteiger partial charge on any atom is -0.455 e. The summed E-state index contributed by atoms with van der Waals surface area (Å²) in [5.41, 5.74) is 4.26. The lowest BCUT2D eigenvalue weighted by atomic mass is 9.77. The second-order valence-corrected chi connectivity index (χ2v) is 12.3. The molecular formula is C32H43N5O5. The number of nitrogens with one attached hydrogen (secondary N) is 3. The smallest absolute Gasteiger partial charge is 0.325 e. The summed E-state index contributed by atoms with van der Waals surface area (Å²) in [6, 6.07) is 7.18. The number of cyclic esters (lactones) is 1. The fourth-order valence-electron chi connectivity index (χ4n) is 5.14. The molecule has 2 aromatic rings. The summed E-state index contributed by atoms with van der Waals surface area (Å²) in [6.45, 7) is 13.2. The van der Waals surface area contributed by atoms with Crippen LogP contribution in [-0.2, 0) is 23.9 Å². The van der Waals surface area contributed by atoms with E-state index in [0.29, 0.717) is 25.1 Å². The first-order valence-corrected chi connectivity index (χ1v) is 14.8. The lowest BCUT2D eigenvalue weighted by molar-refractivity contribution is -0.157. The van der Waals surface area contributed by atoms with Crippen LogP contribution < -0.4 is 16.1 Å². The van der Waals surface area contributed by atoms with Crippen molar-refractivity contribution < 1.29 is 23.9 Å². The van der Waals surface area contributed by atoms with Gasteiger partial charge in [0.2, 0.25) is 11.8 Å². The molecule has 226 valence electrons. The number of rotatable bonds is 2. The lowest BCUT2D eigenvalue weighted by Crippen LogP contribution is -2.61. The molecule has 0 aliphatic carbocycles. The molecule has 2 aliphatic rings. The van der Waals surface area contributed by atoms with E-state index in [1.807, 2.05) is 77.1 Å². The number of hydrogen-bond acceptors (Lipinski definition) is 7. The molecule has 0 saturated carbocycles. The highest BCUT2D eigenvalue weighted by molar-refractivity contribution is 5.94. The Morgan fingerprint density at radius 3 is 2.43 bits per heavy atom. The van der Waals surface area contributed by atoms with Gasteiger partial charge in [0.05, 0.1) is 16.6 Å². The van der Waals surface area contributed by atoms with Gasteiger partial charge < -0.3 is 15.4 Å². The summed E-state index contributed by atoms with van der Waals surface area (Å²) in [6.07, 6.45) is 4.25. The van der Waals surface area contributed by atoms with Crippen LogP contribution in [0.1, 0.15) is 78.7 Å². The van der Waals surface area contributed by atoms with Crippen LogP contribution in [-0.4, -0.2) is 58.4 Å². The van der Waals surface area contributed by atoms with Crippen molar-refractivity contribution >= 4 is 40.7 Å². The summed E-state index contributed by atoms with van der Waals surface area (Å²) >= 11 is 0. The zero-order valence-corrected chi connectivity index (χ0v) is 25.6. The molecular weight excluding hydrogens is 534 g/mol. The zero-order chi connectivity index (χ0) is 30.8. The van der Waals surface area contributed by atoms with E-state index in [2.05, 4.69) is 16.1 Å². The number of pyridine rings is 1. The second-order valence-electron chi connectivity index (χ2n) is 12.3. The SMILES string of the molecule is CC(C)[C@@H]1NC(=O)C(C)(C(C)C)/C=C/c2ccc3ccc(nc3c2)[C@@H](C)OC(=O)[C@@H]2CCCN(N2)C(=O)[C@H](C)NC1=O. The summed E-state index contributed by atoms with van der Waals surface area (Å²) in [4.78, 5) is 58.2. The van der Waals surface area contributed by atoms with Crippen molar-refractivity contribution in [2.45, 2.75) is 85.5 Å². The maximum Gasteiger partial charge on any atom is 0.325 e. The van der Waals surface area contributed by atoms with Crippen LogP contribution in [0.4, 0.5) is 0 Å². The molecule has 5 bridgehead atoms. The Hall–Kier alpha value is -3.79. The topological polar surface area (TPSA) is 130 Å². The average Bonchev–Trinajstić information content (AvgIpc) is 2.96. The van der Waals surface area contributed by atoms with Crippen molar-refractivity contribution in [3.8, 4) is 0 Å². The van der Waals surface area contributed by atoms with E-state index < -0.39 is 41.5 Å². The number of esters is 1. The summed E-state index contributed by atoms with van der Waals surface area (Å²) in [5.74, 6) is -1.89. The van der Waals surface area contributed by atoms with Gasteiger partial charge >= 0.3 is 5.97 Å². The standard InChI is InChI=1S/C32H43N5O5/c1-18(2)27-28(38)33-20(5)29(39)37-16-8-9-25(36-37)30(40)42-21(6)24-13-12-23-11-10-22(17-26(23)34-24)14-15-32(7,19(3)4)31(41)35-27/h10-15,17-21,25,27,36H,8-9,16H2,1-7H3,(H,33,38)(H,35,41)/b15-14+/t20-,21+,25-,27-,32?/m0/s1. The van der Waals surface area contributed by atoms with E-state index in [-0.39, 0.29) is 23.7 Å². The Labute approximate surface area is 247 Å². The molecule has 10 nitrogen and oxygen atoms in total. The molecule has 0 spiro atoms. The molecule has 3 amide bonds. The van der Waals surface area contributed by atoms with E-state index in [0.717, 1.165) is 16.5 Å². The van der Waals surface area contributed by atoms with E-state index in [1.54, 1.807) is 13.8 Å². The van der Waals surface area contributed by atoms with Crippen molar-refractivity contribution in [2.75, 3.05) is 6.54 Å². The highest BCUT2D eigenvalue weighted by atomic mass is 16.5. The Bertz CT molecular complexity index is 1390. The second kappa shape index (κ2) is 12.6. The number of benzene rings is 1. The lowest BCUT2D eigenvalue weighted by Gasteiger charge is -2.35. The Balaban J connectivity index is 1.75. The van der Waals surface area contributed by atoms with Gasteiger partial charge in [0.15, 0.2) is 0 Å². The van der Waals surface area contributed by atoms with Gasteiger partial charge in [-0.05, 0) is 63.1 Å². The molecule has 42 heavy (non-hydrogen) atoms. The van der Waals surface area contributed by atoms with E-state index >= 15 is 0 Å². The molecule has 4 rings (SSSR count). The highest BCUT2D eigenvalue weighted by Crippen LogP contribution is 2.31. The van der Waals surface area contributed by atoms with Gasteiger partial charge in [-0.25, -0.2) is 10.4 Å². The minimum atomic E-state index is -0.923. The first-order chi connectivity index (χ1) is 19.8. The van der Waals surface area contributed by atoms with Gasteiger partial charge in [0.25, 0.3) is 5.91 Å². The monoisotopic (exact) mass is 577 g/mol. The molecule has 5 atom stereocenters. The molecule has 3 heterocycles. The molecule has 0 radical (unpaired) electrons. The van der Waals surface area contributed by atoms with Crippen LogP contribution in [0.5, 0.6) is 0 Å². The number of carbonyl (C=O) groups excluding carboxylic acids is 4. The Kier molecular flexibility index (Phi) is 9.35. The first-order valence-electron chi connectivity index (χ1n) is 14.8. The number of nitrogens with zero attached hydrogens (tertiary/aromatic N) is 2. The maximum atomic E-state index is 13.7. The van der Waals surface area contributed by atoms with Crippen LogP contribution in [0.3, 0.4) is 0 Å². The average molecular weight is 578 g/mol. The van der Waals surface area contributed by atoms with Gasteiger partial charge in [-0.3, -0.25) is 24.2 Å². The third-order valence-electron chi connectivity index (χ3n) is 8.46. The molecule has 1 aromatic carbocycles. The molecule has 1 unspecified atom stereocenters. The van der Waals surface area contributed by atoms with Crippen molar-refractivity contribution in [3.05, 3.63) is 47.7 Å². The molecule has 1 aromatic heterocycles. The molecule has 3 N–H and O–H groups in total. The van der Waals surface area contributed by atoms with Crippen LogP contribution in [0.25, 0.3) is 17.0 Å². The molecule has 1 saturated heterocycles. The van der Waals surface area contributed by atoms with Crippen LogP contribution in [0.15, 0.2) is 36.4 Å². The van der Waals surface area contributed by atoms with Crippen LogP contribution >= 0.6 is 0 Å². The number of ether oxygens (including phenoxy) is 1. The number of carbonyl (C=O) groups is 4. The van der Waals surface area contributed by atoms with Gasteiger partial charge in [0.1, 0.15) is 24.2 Å². The number of amides is 3. The van der Waals surface area contributed by atoms with Gasteiger partial charge in [0, 0.05) is 11.9 Å². The fraction of sp³-hybridized carbons (Fsp3) is 0.531. The summed E-state index contributed by atoms with van der Waals surface area (Å²) in [5, 5.41) is 8.02. The maximum absolute atomic E-state index is 13.7. The number of fused-ring (bicyclic) bond motifs is 4. The van der Waals surface area contributed by atoms with Crippen LogP contribution in [0.2, 0.25) is 0 Å². The van der Waals surface area contributed by atoms with Crippen LogP contribution in [0, 0.1) is 17.3 Å². The van der Waals surface area contributed by atoms with Crippen molar-refractivity contribution in [2.24, 2.45) is 17.3 Å². The van der Waals surface area contributed by atoms with Crippen molar-refractivity contribution in [1.29, 1.82) is 0 Å². The van der Waals surface area contributed by atoms with E-state index in [4.69, 9.17) is 9.72 Å². The van der Waals surface area contributed by atoms with Gasteiger partial charge in [-0.15, -0.1) is 0 Å². The number of aromatic nitrogens is 1. The minimum absolute atomic E-state index is 0.0782. The van der Waals surface area contributed by atoms with Crippen molar-refractivity contribution in [1.82, 2.24) is 26.1 Å². The molecule has 10 heteroatoms. The molecule has 1 fully saturated rings. The first kappa shape index (κ1) is 31.2. The predicted octanol–water partition coefficient (Wildman–Crippen LogP) is 3.67. The quantitative estimate of drug-likeness (QED) is 0.465. The van der Waals surface area contributed by atoms with Crippen molar-refractivity contribution in [3.63, 3.8) is 0 Å². The predicted molar refractivity (Wildman–Crippen MR) is 160 cm³/mol. The third kappa shape index (κ3) is 6.64. The Morgan fingerprint density at radius 2 is 1.74 bits per heavy atom. The summed E-state index contributed by atoms with van der Waals surface area (Å²) in [7, 11) is 0. The van der Waals surface area contributed by atoms with E-state index in [9.17, 15) is 19.2 Å². The largest absolute Gasteiger partial charge is 0.455 e. The van der Waals surface area contributed by atoms with E-state index in [1.165, 1.54) is 5.01 Å². The summed E-state index contributed by atoms with van der Waals surface area (Å²) < 4.78 is 5.77. The van der Waals surface area contributed by atoms with Gasteiger partial charge in [-0.2, -0.15) is 0 Å². The number of hydrogen-bond donors (Lipinski definition) is 3.